The van der Waals surface area contributed by atoms with Crippen LogP contribution in [0.3, 0.4) is 0 Å². The predicted molar refractivity (Wildman–Crippen MR) is 86.3 cm³/mol. The molecule has 2 aromatic rings. The van der Waals surface area contributed by atoms with E-state index in [0.717, 1.165) is 23.3 Å². The molecule has 0 saturated carbocycles. The third-order valence-corrected chi connectivity index (χ3v) is 3.35. The molecule has 2 heteroatoms. The number of nitrogens with one attached hydrogen (secondary N) is 1. The maximum absolute atomic E-state index is 6.04. The minimum Gasteiger partial charge on any atom is -0.488 e. The lowest BCUT2D eigenvalue weighted by Gasteiger charge is -2.19. The third-order valence-electron chi connectivity index (χ3n) is 3.35. The van der Waals surface area contributed by atoms with Gasteiger partial charge in [-0.3, -0.25) is 0 Å². The normalized spacial score (nSPS) is 12.3. The van der Waals surface area contributed by atoms with Gasteiger partial charge in [0.05, 0.1) is 0 Å². The summed E-state index contributed by atoms with van der Waals surface area (Å²) in [6, 6.07) is 12.9. The highest BCUT2D eigenvalue weighted by molar-refractivity contribution is 5.89. The van der Waals surface area contributed by atoms with Gasteiger partial charge in [0.25, 0.3) is 0 Å². The van der Waals surface area contributed by atoms with Gasteiger partial charge in [-0.15, -0.1) is 0 Å². The summed E-state index contributed by atoms with van der Waals surface area (Å²) >= 11 is 0. The highest BCUT2D eigenvalue weighted by Gasteiger charge is 2.14. The number of hydrogen-bond acceptors (Lipinski definition) is 2. The van der Waals surface area contributed by atoms with Crippen LogP contribution in [0.5, 0.6) is 5.75 Å². The first-order chi connectivity index (χ1) is 9.63. The van der Waals surface area contributed by atoms with Crippen molar-refractivity contribution >= 4 is 10.8 Å². The molecule has 0 aliphatic carbocycles. The monoisotopic (exact) mass is 269 g/mol. The minimum absolute atomic E-state index is 0.268. The van der Waals surface area contributed by atoms with Gasteiger partial charge in [0, 0.05) is 17.0 Å². The van der Waals surface area contributed by atoms with Crippen LogP contribution in [0.15, 0.2) is 48.6 Å². The van der Waals surface area contributed by atoms with Crippen molar-refractivity contribution in [2.45, 2.75) is 26.8 Å². The van der Waals surface area contributed by atoms with Crippen molar-refractivity contribution in [2.75, 3.05) is 13.2 Å². The quantitative estimate of drug-likeness (QED) is 0.781. The summed E-state index contributed by atoms with van der Waals surface area (Å²) in [6.45, 7) is 11.7. The summed E-state index contributed by atoms with van der Waals surface area (Å²) < 4.78 is 6.04. The van der Waals surface area contributed by atoms with Crippen molar-refractivity contribution in [2.24, 2.45) is 0 Å². The first kappa shape index (κ1) is 14.6. The van der Waals surface area contributed by atoms with Crippen LogP contribution in [-0.2, 0) is 0 Å². The van der Waals surface area contributed by atoms with Crippen LogP contribution >= 0.6 is 0 Å². The molecule has 0 radical (unpaired) electrons. The number of rotatable bonds is 6. The highest BCUT2D eigenvalue weighted by atomic mass is 16.5. The molecule has 20 heavy (non-hydrogen) atoms. The maximum atomic E-state index is 6.04. The second kappa shape index (κ2) is 6.58. The fraction of sp³-hybridized carbons (Fsp3) is 0.333. The van der Waals surface area contributed by atoms with Gasteiger partial charge in [-0.25, -0.2) is 0 Å². The second-order valence-electron chi connectivity index (χ2n) is 5.23. The summed E-state index contributed by atoms with van der Waals surface area (Å²) in [5.74, 6) is 0.972. The van der Waals surface area contributed by atoms with Crippen LogP contribution < -0.4 is 10.1 Å². The molecule has 1 N–H and O–H groups in total. The molecule has 0 aliphatic heterocycles. The van der Waals surface area contributed by atoms with Crippen LogP contribution in [0.2, 0.25) is 0 Å². The zero-order valence-corrected chi connectivity index (χ0v) is 12.6. The molecule has 0 fully saturated rings. The van der Waals surface area contributed by atoms with E-state index in [4.69, 9.17) is 4.74 Å². The van der Waals surface area contributed by atoms with E-state index >= 15 is 0 Å². The van der Waals surface area contributed by atoms with E-state index in [0.29, 0.717) is 6.61 Å². The van der Waals surface area contributed by atoms with E-state index in [-0.39, 0.29) is 6.04 Å². The van der Waals surface area contributed by atoms with Crippen LogP contribution in [0.4, 0.5) is 0 Å². The molecule has 0 spiro atoms. The SMILES string of the molecule is C=C(C)COc1c(C(C)NCC)ccc2ccccc12. The Morgan fingerprint density at radius 2 is 2.00 bits per heavy atom. The van der Waals surface area contributed by atoms with Gasteiger partial charge in [-0.2, -0.15) is 0 Å². The fourth-order valence-corrected chi connectivity index (χ4v) is 2.37. The first-order valence-electron chi connectivity index (χ1n) is 7.15. The predicted octanol–water partition coefficient (Wildman–Crippen LogP) is 4.47. The Labute approximate surface area is 121 Å². The summed E-state index contributed by atoms with van der Waals surface area (Å²) in [4.78, 5) is 0. The van der Waals surface area contributed by atoms with E-state index in [1.54, 1.807) is 0 Å². The molecule has 0 aliphatic rings. The molecule has 0 aromatic heterocycles. The smallest absolute Gasteiger partial charge is 0.132 e. The van der Waals surface area contributed by atoms with Gasteiger partial charge >= 0.3 is 0 Å². The molecule has 0 amide bonds. The summed E-state index contributed by atoms with van der Waals surface area (Å²) in [6.07, 6.45) is 0. The zero-order valence-electron chi connectivity index (χ0n) is 12.6. The summed E-state index contributed by atoms with van der Waals surface area (Å²) in [7, 11) is 0. The Morgan fingerprint density at radius 1 is 1.25 bits per heavy atom. The van der Waals surface area contributed by atoms with Gasteiger partial charge < -0.3 is 10.1 Å². The highest BCUT2D eigenvalue weighted by Crippen LogP contribution is 2.33. The van der Waals surface area contributed by atoms with Gasteiger partial charge in [0.1, 0.15) is 12.4 Å². The van der Waals surface area contributed by atoms with E-state index < -0.39 is 0 Å². The molecule has 0 saturated heterocycles. The average Bonchev–Trinajstić information content (AvgIpc) is 2.44. The Bertz CT molecular complexity index is 603. The molecular weight excluding hydrogens is 246 g/mol. The molecule has 2 rings (SSSR count). The molecular formula is C18H23NO. The van der Waals surface area contributed by atoms with Crippen molar-refractivity contribution < 1.29 is 4.74 Å². The largest absolute Gasteiger partial charge is 0.488 e. The summed E-state index contributed by atoms with van der Waals surface area (Å²) in [5, 5.41) is 5.82. The topological polar surface area (TPSA) is 21.3 Å². The number of hydrogen-bond donors (Lipinski definition) is 1. The van der Waals surface area contributed by atoms with Gasteiger partial charge in [0.15, 0.2) is 0 Å². The van der Waals surface area contributed by atoms with Crippen molar-refractivity contribution in [3.8, 4) is 5.75 Å². The molecule has 106 valence electrons. The van der Waals surface area contributed by atoms with Crippen molar-refractivity contribution in [3.05, 3.63) is 54.1 Å². The van der Waals surface area contributed by atoms with Crippen LogP contribution in [0.1, 0.15) is 32.4 Å². The lowest BCUT2D eigenvalue weighted by Crippen LogP contribution is -2.18. The number of fused-ring (bicyclic) bond motifs is 1. The minimum atomic E-state index is 0.268. The number of ether oxygens (including phenoxy) is 1. The van der Waals surface area contributed by atoms with Crippen molar-refractivity contribution in [1.82, 2.24) is 5.32 Å². The van der Waals surface area contributed by atoms with Crippen LogP contribution in [0, 0.1) is 0 Å². The first-order valence-corrected chi connectivity index (χ1v) is 7.15. The van der Waals surface area contributed by atoms with E-state index in [1.165, 1.54) is 10.9 Å². The lowest BCUT2D eigenvalue weighted by molar-refractivity contribution is 0.349. The molecule has 2 nitrogen and oxygen atoms in total. The zero-order chi connectivity index (χ0) is 14.5. The average molecular weight is 269 g/mol. The molecule has 0 bridgehead atoms. The molecule has 2 aromatic carbocycles. The Hall–Kier alpha value is -1.80. The second-order valence-corrected chi connectivity index (χ2v) is 5.23. The third kappa shape index (κ3) is 3.20. The standard InChI is InChI=1S/C18H23NO/c1-5-19-14(4)16-11-10-15-8-6-7-9-17(15)18(16)20-12-13(2)3/h6-11,14,19H,2,5,12H2,1,3-4H3. The molecule has 1 atom stereocenters. The van der Waals surface area contributed by atoms with E-state index in [9.17, 15) is 0 Å². The van der Waals surface area contributed by atoms with Gasteiger partial charge in [0.2, 0.25) is 0 Å². The maximum Gasteiger partial charge on any atom is 0.132 e. The van der Waals surface area contributed by atoms with Crippen molar-refractivity contribution in [3.63, 3.8) is 0 Å². The fourth-order valence-electron chi connectivity index (χ4n) is 2.37. The molecule has 0 heterocycles. The van der Waals surface area contributed by atoms with Crippen LogP contribution in [-0.4, -0.2) is 13.2 Å². The van der Waals surface area contributed by atoms with Crippen molar-refractivity contribution in [1.29, 1.82) is 0 Å². The van der Waals surface area contributed by atoms with Crippen LogP contribution in [0.25, 0.3) is 10.8 Å². The Morgan fingerprint density at radius 3 is 2.70 bits per heavy atom. The van der Waals surface area contributed by atoms with E-state index in [1.807, 2.05) is 6.92 Å². The Balaban J connectivity index is 2.49. The lowest BCUT2D eigenvalue weighted by atomic mass is 10.0. The Kier molecular flexibility index (Phi) is 4.80. The van der Waals surface area contributed by atoms with Gasteiger partial charge in [-0.05, 0) is 31.4 Å². The molecule has 1 unspecified atom stereocenters. The number of benzene rings is 2. The van der Waals surface area contributed by atoms with E-state index in [2.05, 4.69) is 62.1 Å². The van der Waals surface area contributed by atoms with Gasteiger partial charge in [-0.1, -0.05) is 49.9 Å². The summed E-state index contributed by atoms with van der Waals surface area (Å²) in [5.41, 5.74) is 2.23.